The maximum atomic E-state index is 8.90. The molecule has 0 aromatic carbocycles. The number of morpholine rings is 5. The monoisotopic (exact) mass is 985 g/mol. The second-order valence-electron chi connectivity index (χ2n) is 24.8. The number of piperazine rings is 1. The number of ether oxygens (including phenoxy) is 5. The SMILES string of the molecule is C1CC2CCC(C1)C2.C1CC2CCC1CN2.C1CC2CNC1CO2.C1CC2CNCC(C1)O2.C1CC2CNCC1N2.C1CC2COCC1N2.C1NCC2CC1O2.C1OC2CNC1C2.CC1CCC(O)C1. The zero-order valence-electron chi connectivity index (χ0n) is 44.0. The molecule has 16 atom stereocenters. The van der Waals surface area contributed by atoms with E-state index in [-0.39, 0.29) is 6.10 Å². The third-order valence-corrected chi connectivity index (χ3v) is 18.7. The van der Waals surface area contributed by atoms with Gasteiger partial charge in [-0.3, -0.25) is 0 Å². The van der Waals surface area contributed by atoms with Crippen LogP contribution in [0.4, 0.5) is 0 Å². The van der Waals surface area contributed by atoms with Crippen LogP contribution in [0.1, 0.15) is 161 Å². The lowest BCUT2D eigenvalue weighted by atomic mass is 9.82. The van der Waals surface area contributed by atoms with E-state index in [2.05, 4.69) is 49.5 Å². The summed E-state index contributed by atoms with van der Waals surface area (Å²) in [4.78, 5) is 0. The summed E-state index contributed by atoms with van der Waals surface area (Å²) in [5, 5.41) is 36.1. The highest BCUT2D eigenvalue weighted by Crippen LogP contribution is 2.41. The molecule has 4 saturated carbocycles. The van der Waals surface area contributed by atoms with Gasteiger partial charge in [-0.2, -0.15) is 0 Å². The Kier molecular flexibility index (Phi) is 22.5. The van der Waals surface area contributed by atoms with E-state index < -0.39 is 0 Å². The highest BCUT2D eigenvalue weighted by molar-refractivity contribution is 4.92. The minimum Gasteiger partial charge on any atom is -0.393 e. The third-order valence-electron chi connectivity index (χ3n) is 18.7. The van der Waals surface area contributed by atoms with Crippen molar-refractivity contribution in [2.24, 2.45) is 23.7 Å². The second-order valence-corrected chi connectivity index (χ2v) is 24.8. The summed E-state index contributed by atoms with van der Waals surface area (Å²) in [5.74, 6) is 4.14. The van der Waals surface area contributed by atoms with Gasteiger partial charge in [-0.15, -0.1) is 0 Å². The molecule has 0 aromatic heterocycles. The van der Waals surface area contributed by atoms with E-state index in [0.29, 0.717) is 60.8 Å². The molecule has 70 heavy (non-hydrogen) atoms. The first kappa shape index (κ1) is 54.2. The van der Waals surface area contributed by atoms with Crippen LogP contribution in [0.3, 0.4) is 0 Å². The van der Waals surface area contributed by atoms with Gasteiger partial charge in [-0.25, -0.2) is 0 Å². The first-order chi connectivity index (χ1) is 34.4. The lowest BCUT2D eigenvalue weighted by Crippen LogP contribution is -2.55. The van der Waals surface area contributed by atoms with Crippen LogP contribution in [0.2, 0.25) is 0 Å². The summed E-state index contributed by atoms with van der Waals surface area (Å²) in [6, 6.07) is 5.26. The molecule has 16 heterocycles. The Morgan fingerprint density at radius 2 is 0.857 bits per heavy atom. The molecule has 20 rings (SSSR count). The predicted octanol–water partition coefficient (Wildman–Crippen LogP) is 4.91. The van der Waals surface area contributed by atoms with Gasteiger partial charge in [0.1, 0.15) is 0 Å². The lowest BCUT2D eigenvalue weighted by Gasteiger charge is -2.41. The summed E-state index contributed by atoms with van der Waals surface area (Å²) in [6.07, 6.45) is 36.3. The topological polar surface area (TPSA) is 163 Å². The molecule has 20 fully saturated rings. The van der Waals surface area contributed by atoms with Gasteiger partial charge in [-0.05, 0) is 146 Å². The van der Waals surface area contributed by atoms with E-state index in [1.807, 2.05) is 0 Å². The molecule has 0 spiro atoms. The van der Waals surface area contributed by atoms with Gasteiger partial charge in [0.15, 0.2) is 0 Å². The third kappa shape index (κ3) is 18.3. The van der Waals surface area contributed by atoms with E-state index in [0.717, 1.165) is 120 Å². The minimum atomic E-state index is 0.0231. The van der Waals surface area contributed by atoms with Crippen molar-refractivity contribution in [3.8, 4) is 0 Å². The lowest BCUT2D eigenvalue weighted by molar-refractivity contribution is -0.143. The number of hydrogen-bond donors (Lipinski definition) is 9. The van der Waals surface area contributed by atoms with Gasteiger partial charge in [0.05, 0.1) is 69.2 Å². The molecule has 16 saturated heterocycles. The first-order valence-corrected chi connectivity index (χ1v) is 30.0. The Labute approximate surface area is 425 Å². The van der Waals surface area contributed by atoms with Gasteiger partial charge in [0, 0.05) is 101 Å². The van der Waals surface area contributed by atoms with Gasteiger partial charge < -0.3 is 71.3 Å². The Morgan fingerprint density at radius 3 is 1.17 bits per heavy atom. The molecule has 9 N–H and O–H groups in total. The zero-order valence-corrected chi connectivity index (χ0v) is 44.0. The van der Waals surface area contributed by atoms with E-state index >= 15 is 0 Å². The maximum absolute atomic E-state index is 8.90. The molecular weight excluding hydrogens is 881 g/mol. The molecule has 16 unspecified atom stereocenters. The Balaban J connectivity index is 0.0000000979. The molecule has 14 nitrogen and oxygen atoms in total. The number of hydrogen-bond acceptors (Lipinski definition) is 14. The summed E-state index contributed by atoms with van der Waals surface area (Å²) < 4.78 is 27.0. The number of rotatable bonds is 0. The van der Waals surface area contributed by atoms with Crippen molar-refractivity contribution >= 4 is 0 Å². The fourth-order valence-electron chi connectivity index (χ4n) is 14.3. The van der Waals surface area contributed by atoms with Gasteiger partial charge in [-0.1, -0.05) is 39.0 Å². The van der Waals surface area contributed by atoms with Crippen molar-refractivity contribution in [3.63, 3.8) is 0 Å². The molecular formula is C56H104N8O6. The molecule has 0 amide bonds. The molecule has 404 valence electrons. The standard InChI is InChI=1S/C8H14.C7H13NO.C7H13N.C6H12N2.2C6H11NO.C6H12O.2C5H9NO/c1-2-7-4-5-8(3-1)6-7;1-2-6-4-8-5-7(3-1)9-6;1-3-7-4-2-6(1)5-8-7;1-2-6-4-7-3-5(1)8-6;1-2-6-3-7-5(1)4-8-6;1-2-6-4-8-3-5(1)7-6;1-5-2-3-6(7)4-5;1-4-3-7-5(1)2-6-4;1-4-2-6-3-5(1)7-4/h7-8H,1-6H2;6-8H,1-5H2;6-8H,1-5H2;5-8H,1-4H2;2*5-7H,1-4H2;5-7H,2-4H2,1H3;2*4-6H,1-3H2. The van der Waals surface area contributed by atoms with Gasteiger partial charge in [0.25, 0.3) is 0 Å². The summed E-state index contributed by atoms with van der Waals surface area (Å²) in [5.41, 5.74) is 0. The van der Waals surface area contributed by atoms with Crippen LogP contribution in [0, 0.1) is 23.7 Å². The van der Waals surface area contributed by atoms with Gasteiger partial charge in [0.2, 0.25) is 0 Å². The van der Waals surface area contributed by atoms with Crippen LogP contribution < -0.4 is 42.5 Å². The second kappa shape index (κ2) is 29.1. The predicted molar refractivity (Wildman–Crippen MR) is 279 cm³/mol. The Morgan fingerprint density at radius 1 is 0.343 bits per heavy atom. The molecule has 20 aliphatic rings. The Bertz CT molecular complexity index is 1170. The normalized spacial score (nSPS) is 45.0. The van der Waals surface area contributed by atoms with E-state index in [4.69, 9.17) is 28.8 Å². The number of piperidine rings is 4. The fourth-order valence-corrected chi connectivity index (χ4v) is 14.3. The van der Waals surface area contributed by atoms with Crippen LogP contribution in [-0.2, 0) is 23.7 Å². The molecule has 4 aliphatic carbocycles. The van der Waals surface area contributed by atoms with Crippen molar-refractivity contribution < 1.29 is 28.8 Å². The van der Waals surface area contributed by atoms with E-state index in [1.54, 1.807) is 32.1 Å². The average molecular weight is 985 g/mol. The van der Waals surface area contributed by atoms with Crippen LogP contribution in [0.15, 0.2) is 0 Å². The molecule has 16 bridgehead atoms. The van der Waals surface area contributed by atoms with Crippen molar-refractivity contribution in [1.29, 1.82) is 0 Å². The quantitative estimate of drug-likeness (QED) is 0.161. The largest absolute Gasteiger partial charge is 0.393 e. The highest BCUT2D eigenvalue weighted by atomic mass is 16.5. The summed E-state index contributed by atoms with van der Waals surface area (Å²) in [7, 11) is 0. The van der Waals surface area contributed by atoms with Crippen molar-refractivity contribution in [3.05, 3.63) is 0 Å². The van der Waals surface area contributed by atoms with Crippen molar-refractivity contribution in [2.45, 2.75) is 246 Å². The zero-order chi connectivity index (χ0) is 47.7. The molecule has 0 radical (unpaired) electrons. The van der Waals surface area contributed by atoms with Crippen molar-refractivity contribution in [2.75, 3.05) is 85.3 Å². The van der Waals surface area contributed by atoms with Gasteiger partial charge >= 0.3 is 0 Å². The number of nitrogens with one attached hydrogen (secondary N) is 8. The van der Waals surface area contributed by atoms with E-state index in [9.17, 15) is 0 Å². The van der Waals surface area contributed by atoms with Crippen molar-refractivity contribution in [1.82, 2.24) is 42.5 Å². The maximum Gasteiger partial charge on any atom is 0.0729 e. The smallest absolute Gasteiger partial charge is 0.0729 e. The average Bonchev–Trinajstić information content (AvgIpc) is 4.31. The molecule has 0 aromatic rings. The number of aliphatic hydroxyl groups excluding tert-OH is 1. The number of fused-ring (bicyclic) bond motifs is 18. The molecule has 14 heteroatoms. The molecule has 16 aliphatic heterocycles. The number of aliphatic hydroxyl groups is 1. The van der Waals surface area contributed by atoms with E-state index in [1.165, 1.54) is 129 Å². The van der Waals surface area contributed by atoms with Crippen LogP contribution in [0.5, 0.6) is 0 Å². The minimum absolute atomic E-state index is 0.0231. The highest BCUT2D eigenvalue weighted by Gasteiger charge is 2.34. The van der Waals surface area contributed by atoms with Crippen LogP contribution in [0.25, 0.3) is 0 Å². The summed E-state index contributed by atoms with van der Waals surface area (Å²) >= 11 is 0. The fraction of sp³-hybridized carbons (Fsp3) is 1.00. The van der Waals surface area contributed by atoms with Crippen LogP contribution in [-0.4, -0.2) is 175 Å². The summed E-state index contributed by atoms with van der Waals surface area (Å²) in [6.45, 7) is 16.2. The Hall–Kier alpha value is -0.560. The van der Waals surface area contributed by atoms with Crippen LogP contribution >= 0.6 is 0 Å². The first-order valence-electron chi connectivity index (χ1n) is 30.0.